The number of likely N-dealkylation sites (tertiary alicyclic amines) is 1. The van der Waals surface area contributed by atoms with Crippen LogP contribution in [0, 0.1) is 0 Å². The van der Waals surface area contributed by atoms with E-state index in [0.717, 1.165) is 43.6 Å². The third-order valence-electron chi connectivity index (χ3n) is 8.20. The lowest BCUT2D eigenvalue weighted by Crippen LogP contribution is -2.44. The quantitative estimate of drug-likeness (QED) is 0.184. The Labute approximate surface area is 261 Å². The number of methoxy groups -OCH3 is 1. The zero-order valence-corrected chi connectivity index (χ0v) is 25.0. The highest BCUT2D eigenvalue weighted by molar-refractivity contribution is 6.08. The maximum Gasteiger partial charge on any atom is 0.416 e. The van der Waals surface area contributed by atoms with Crippen LogP contribution in [-0.4, -0.2) is 50.1 Å². The van der Waals surface area contributed by atoms with Gasteiger partial charge in [-0.05, 0) is 84.4 Å². The lowest BCUT2D eigenvalue weighted by molar-refractivity contribution is -0.137. The van der Waals surface area contributed by atoms with Gasteiger partial charge in [-0.2, -0.15) is 13.2 Å². The second kappa shape index (κ2) is 14.5. The van der Waals surface area contributed by atoms with Crippen LogP contribution in [-0.2, 0) is 15.7 Å². The number of alkyl halides is 3. The van der Waals surface area contributed by atoms with Gasteiger partial charge in [0.15, 0.2) is 0 Å². The molecule has 1 aliphatic heterocycles. The summed E-state index contributed by atoms with van der Waals surface area (Å²) < 4.78 is 44.2. The van der Waals surface area contributed by atoms with Gasteiger partial charge in [0.05, 0.1) is 12.2 Å². The Balaban J connectivity index is 1.22. The van der Waals surface area contributed by atoms with E-state index in [1.54, 1.807) is 31.4 Å². The number of carbonyl (C=O) groups excluding carboxylic acids is 2. The van der Waals surface area contributed by atoms with Gasteiger partial charge in [-0.3, -0.25) is 14.5 Å². The molecule has 4 aromatic rings. The topological polar surface area (TPSA) is 70.7 Å². The minimum Gasteiger partial charge on any atom is -0.383 e. The van der Waals surface area contributed by atoms with E-state index in [1.807, 2.05) is 54.6 Å². The van der Waals surface area contributed by atoms with Crippen LogP contribution in [0.15, 0.2) is 103 Å². The molecule has 1 atom stereocenters. The molecule has 4 aromatic carbocycles. The fourth-order valence-corrected chi connectivity index (χ4v) is 5.84. The van der Waals surface area contributed by atoms with E-state index >= 15 is 0 Å². The van der Waals surface area contributed by atoms with Crippen molar-refractivity contribution in [3.63, 3.8) is 0 Å². The Bertz CT molecular complexity index is 1570. The fraction of sp³-hybridized carbons (Fsp3) is 0.278. The van der Waals surface area contributed by atoms with Crippen molar-refractivity contribution >= 4 is 17.5 Å². The summed E-state index contributed by atoms with van der Waals surface area (Å²) >= 11 is 0. The molecular formula is C36H36F3N3O3. The van der Waals surface area contributed by atoms with Gasteiger partial charge in [-0.1, -0.05) is 72.8 Å². The molecule has 1 heterocycles. The number of amides is 2. The van der Waals surface area contributed by atoms with Crippen LogP contribution in [0.4, 0.5) is 18.9 Å². The average molecular weight is 616 g/mol. The minimum atomic E-state index is -4.43. The van der Waals surface area contributed by atoms with Crippen molar-refractivity contribution in [2.75, 3.05) is 38.7 Å². The second-order valence-electron chi connectivity index (χ2n) is 11.1. The Kier molecular flexibility index (Phi) is 10.3. The number of hydrogen-bond donors (Lipinski definition) is 2. The van der Waals surface area contributed by atoms with Gasteiger partial charge in [-0.25, -0.2) is 0 Å². The van der Waals surface area contributed by atoms with Crippen LogP contribution in [0.1, 0.15) is 51.8 Å². The van der Waals surface area contributed by atoms with Gasteiger partial charge < -0.3 is 15.4 Å². The van der Waals surface area contributed by atoms with E-state index in [1.165, 1.54) is 17.7 Å². The average Bonchev–Trinajstić information content (AvgIpc) is 3.06. The Morgan fingerprint density at radius 2 is 1.51 bits per heavy atom. The fourth-order valence-electron chi connectivity index (χ4n) is 5.84. The van der Waals surface area contributed by atoms with Crippen LogP contribution in [0.3, 0.4) is 0 Å². The summed E-state index contributed by atoms with van der Waals surface area (Å²) in [5.41, 5.74) is 3.46. The maximum atomic E-state index is 13.2. The number of nitrogens with zero attached hydrogens (tertiary/aromatic N) is 1. The molecular weight excluding hydrogens is 579 g/mol. The van der Waals surface area contributed by atoms with Gasteiger partial charge in [-0.15, -0.1) is 0 Å². The molecule has 0 aromatic heterocycles. The lowest BCUT2D eigenvalue weighted by Gasteiger charge is -2.37. The molecule has 45 heavy (non-hydrogen) atoms. The predicted molar refractivity (Wildman–Crippen MR) is 169 cm³/mol. The summed E-state index contributed by atoms with van der Waals surface area (Å²) in [7, 11) is 1.61. The molecule has 0 bridgehead atoms. The molecule has 9 heteroatoms. The van der Waals surface area contributed by atoms with Gasteiger partial charge in [0.2, 0.25) is 5.91 Å². The zero-order chi connectivity index (χ0) is 31.8. The number of benzene rings is 4. The second-order valence-corrected chi connectivity index (χ2v) is 11.1. The van der Waals surface area contributed by atoms with Crippen molar-refractivity contribution < 1.29 is 27.5 Å². The number of carbonyl (C=O) groups is 2. The van der Waals surface area contributed by atoms with E-state index in [4.69, 9.17) is 4.74 Å². The van der Waals surface area contributed by atoms with E-state index in [0.29, 0.717) is 41.4 Å². The molecule has 234 valence electrons. The zero-order valence-electron chi connectivity index (χ0n) is 25.0. The summed E-state index contributed by atoms with van der Waals surface area (Å²) in [6.45, 7) is 2.44. The highest BCUT2D eigenvalue weighted by atomic mass is 19.4. The van der Waals surface area contributed by atoms with Gasteiger partial charge >= 0.3 is 6.18 Å². The summed E-state index contributed by atoms with van der Waals surface area (Å²) in [5.74, 6) is -0.0571. The normalized spacial score (nSPS) is 14.9. The summed E-state index contributed by atoms with van der Waals surface area (Å²) in [4.78, 5) is 28.6. The number of anilines is 1. The van der Waals surface area contributed by atoms with E-state index in [9.17, 15) is 22.8 Å². The van der Waals surface area contributed by atoms with Crippen LogP contribution in [0.25, 0.3) is 11.1 Å². The van der Waals surface area contributed by atoms with Crippen molar-refractivity contribution in [1.29, 1.82) is 0 Å². The number of piperidine rings is 1. The first-order valence-corrected chi connectivity index (χ1v) is 15.0. The van der Waals surface area contributed by atoms with Gasteiger partial charge in [0.1, 0.15) is 6.04 Å². The highest BCUT2D eigenvalue weighted by Gasteiger charge is 2.32. The van der Waals surface area contributed by atoms with Crippen molar-refractivity contribution in [2.24, 2.45) is 0 Å². The molecule has 2 N–H and O–H groups in total. The number of rotatable bonds is 10. The first-order valence-electron chi connectivity index (χ1n) is 15.0. The minimum absolute atomic E-state index is 0.0308. The van der Waals surface area contributed by atoms with Crippen molar-refractivity contribution in [3.05, 3.63) is 125 Å². The molecule has 1 fully saturated rings. The standard InChI is InChI=1S/C36H36F3N3O3/c1-45-24-21-40-35(44)33(28-7-3-2-4-8-28)42-22-19-26(20-23-42)25-13-17-30(18-14-25)41-34(43)32-10-6-5-9-31(32)27-11-15-29(16-12-27)36(37,38)39/h2-18,26,33H,19-24H2,1H3,(H,40,44)(H,41,43). The number of halogens is 3. The van der Waals surface area contributed by atoms with Gasteiger partial charge in [0, 0.05) is 24.9 Å². The third kappa shape index (κ3) is 7.98. The number of ether oxygens (including phenoxy) is 1. The van der Waals surface area contributed by atoms with Crippen molar-refractivity contribution in [3.8, 4) is 11.1 Å². The number of hydrogen-bond acceptors (Lipinski definition) is 4. The Morgan fingerprint density at radius 1 is 0.867 bits per heavy atom. The summed E-state index contributed by atoms with van der Waals surface area (Å²) in [5, 5.41) is 5.92. The Hall–Kier alpha value is -4.47. The summed E-state index contributed by atoms with van der Waals surface area (Å²) in [6, 6.07) is 28.9. The SMILES string of the molecule is COCCNC(=O)C(c1ccccc1)N1CCC(c2ccc(NC(=O)c3ccccc3-c3ccc(C(F)(F)F)cc3)cc2)CC1. The van der Waals surface area contributed by atoms with E-state index < -0.39 is 11.7 Å². The van der Waals surface area contributed by atoms with E-state index in [2.05, 4.69) is 15.5 Å². The first-order chi connectivity index (χ1) is 21.7. The van der Waals surface area contributed by atoms with Crippen LogP contribution < -0.4 is 10.6 Å². The largest absolute Gasteiger partial charge is 0.416 e. The molecule has 0 aliphatic carbocycles. The molecule has 1 saturated heterocycles. The smallest absolute Gasteiger partial charge is 0.383 e. The molecule has 0 radical (unpaired) electrons. The lowest BCUT2D eigenvalue weighted by atomic mass is 9.88. The van der Waals surface area contributed by atoms with Gasteiger partial charge in [0.25, 0.3) is 5.91 Å². The molecule has 2 amide bonds. The summed E-state index contributed by atoms with van der Waals surface area (Å²) in [6.07, 6.45) is -2.65. The molecule has 1 aliphatic rings. The van der Waals surface area contributed by atoms with Crippen LogP contribution in [0.5, 0.6) is 0 Å². The maximum absolute atomic E-state index is 13.2. The molecule has 6 nitrogen and oxygen atoms in total. The molecule has 0 saturated carbocycles. The van der Waals surface area contributed by atoms with Crippen molar-refractivity contribution in [1.82, 2.24) is 10.2 Å². The predicted octanol–water partition coefficient (Wildman–Crippen LogP) is 7.31. The molecule has 1 unspecified atom stereocenters. The molecule has 5 rings (SSSR count). The van der Waals surface area contributed by atoms with Crippen molar-refractivity contribution in [2.45, 2.75) is 31.0 Å². The Morgan fingerprint density at radius 3 is 2.16 bits per heavy atom. The molecule has 0 spiro atoms. The van der Waals surface area contributed by atoms with Crippen LogP contribution in [0.2, 0.25) is 0 Å². The monoisotopic (exact) mass is 615 g/mol. The highest BCUT2D eigenvalue weighted by Crippen LogP contribution is 2.34. The third-order valence-corrected chi connectivity index (χ3v) is 8.20. The van der Waals surface area contributed by atoms with E-state index in [-0.39, 0.29) is 17.9 Å². The van der Waals surface area contributed by atoms with Crippen LogP contribution >= 0.6 is 0 Å². The number of nitrogens with one attached hydrogen (secondary N) is 2. The first kappa shape index (κ1) is 31.9.